The van der Waals surface area contributed by atoms with Crippen molar-refractivity contribution in [3.8, 4) is 11.3 Å². The van der Waals surface area contributed by atoms with Crippen LogP contribution in [0.3, 0.4) is 0 Å². The maximum Gasteiger partial charge on any atom is 0.344 e. The summed E-state index contributed by atoms with van der Waals surface area (Å²) < 4.78 is 11.3. The molecule has 1 heterocycles. The van der Waals surface area contributed by atoms with Crippen LogP contribution in [0.4, 0.5) is 5.69 Å². The number of nitrogens with one attached hydrogen (secondary N) is 1. The molecule has 0 saturated carbocycles. The number of aromatic nitrogens is 1. The molecule has 0 aliphatic carbocycles. The number of hydrogen-bond acceptors (Lipinski definition) is 5. The van der Waals surface area contributed by atoms with Crippen LogP contribution < -0.4 is 5.32 Å². The van der Waals surface area contributed by atoms with Crippen molar-refractivity contribution in [2.75, 3.05) is 11.9 Å². The zero-order valence-electron chi connectivity index (χ0n) is 13.9. The van der Waals surface area contributed by atoms with Gasteiger partial charge in [0.25, 0.3) is 5.91 Å². The smallest absolute Gasteiger partial charge is 0.344 e. The number of ether oxygens (including phenoxy) is 1. The third-order valence-corrected chi connectivity index (χ3v) is 4.30. The summed E-state index contributed by atoms with van der Waals surface area (Å²) in [7, 11) is 0. The highest BCUT2D eigenvalue weighted by atomic mass is 127. The van der Waals surface area contributed by atoms with Crippen LogP contribution in [0.5, 0.6) is 0 Å². The minimum absolute atomic E-state index is 0.221. The monoisotopic (exact) mass is 462 g/mol. The second kappa shape index (κ2) is 8.13. The van der Waals surface area contributed by atoms with Gasteiger partial charge in [-0.3, -0.25) is 4.79 Å². The van der Waals surface area contributed by atoms with Crippen molar-refractivity contribution in [1.29, 1.82) is 0 Å². The van der Waals surface area contributed by atoms with Gasteiger partial charge in [0, 0.05) is 14.8 Å². The largest absolute Gasteiger partial charge is 0.452 e. The molecule has 0 aliphatic heterocycles. The fraction of sp³-hybridized carbons (Fsp3) is 0.105. The van der Waals surface area contributed by atoms with E-state index in [9.17, 15) is 9.59 Å². The summed E-state index contributed by atoms with van der Waals surface area (Å²) in [6.07, 6.45) is 0. The van der Waals surface area contributed by atoms with Gasteiger partial charge in [-0.1, -0.05) is 35.5 Å². The minimum Gasteiger partial charge on any atom is -0.452 e. The van der Waals surface area contributed by atoms with Crippen LogP contribution in [0.25, 0.3) is 11.3 Å². The lowest BCUT2D eigenvalue weighted by atomic mass is 10.1. The molecule has 0 unspecified atom stereocenters. The Morgan fingerprint density at radius 2 is 1.81 bits per heavy atom. The predicted molar refractivity (Wildman–Crippen MR) is 105 cm³/mol. The average molecular weight is 462 g/mol. The van der Waals surface area contributed by atoms with Crippen LogP contribution in [0.1, 0.15) is 16.1 Å². The molecule has 3 rings (SSSR count). The van der Waals surface area contributed by atoms with E-state index in [1.807, 2.05) is 42.5 Å². The Hall–Kier alpha value is -2.68. The van der Waals surface area contributed by atoms with Gasteiger partial charge in [0.05, 0.1) is 0 Å². The van der Waals surface area contributed by atoms with E-state index in [2.05, 4.69) is 33.1 Å². The molecule has 1 amide bonds. The first-order valence-electron chi connectivity index (χ1n) is 7.79. The van der Waals surface area contributed by atoms with Crippen LogP contribution in [0, 0.1) is 10.5 Å². The number of carbonyl (C=O) groups is 2. The molecule has 0 fully saturated rings. The topological polar surface area (TPSA) is 81.4 Å². The number of amides is 1. The van der Waals surface area contributed by atoms with Crippen molar-refractivity contribution in [2.45, 2.75) is 6.92 Å². The van der Waals surface area contributed by atoms with Gasteiger partial charge >= 0.3 is 5.97 Å². The molecular weight excluding hydrogens is 447 g/mol. The van der Waals surface area contributed by atoms with Gasteiger partial charge in [-0.05, 0) is 53.8 Å². The summed E-state index contributed by atoms with van der Waals surface area (Å²) in [4.78, 5) is 24.4. The molecule has 0 atom stereocenters. The zero-order chi connectivity index (χ0) is 18.5. The Bertz CT molecular complexity index is 920. The highest BCUT2D eigenvalue weighted by Crippen LogP contribution is 2.25. The highest BCUT2D eigenvalue weighted by molar-refractivity contribution is 14.1. The van der Waals surface area contributed by atoms with E-state index in [1.165, 1.54) is 0 Å². The fourth-order valence-electron chi connectivity index (χ4n) is 2.34. The van der Waals surface area contributed by atoms with Crippen molar-refractivity contribution >= 4 is 40.2 Å². The van der Waals surface area contributed by atoms with Crippen LogP contribution in [-0.4, -0.2) is 23.6 Å². The van der Waals surface area contributed by atoms with Crippen molar-refractivity contribution < 1.29 is 18.8 Å². The molecule has 0 radical (unpaired) electrons. The minimum atomic E-state index is -0.652. The lowest BCUT2D eigenvalue weighted by Gasteiger charge is -2.07. The summed E-state index contributed by atoms with van der Waals surface area (Å²) in [6.45, 7) is 1.23. The Labute approximate surface area is 163 Å². The third kappa shape index (κ3) is 4.29. The first-order chi connectivity index (χ1) is 12.5. The lowest BCUT2D eigenvalue weighted by Crippen LogP contribution is -2.21. The number of aryl methyl sites for hydroxylation is 1. The molecule has 0 bridgehead atoms. The van der Waals surface area contributed by atoms with E-state index in [0.29, 0.717) is 17.1 Å². The number of nitrogens with zero attached hydrogens (tertiary/aromatic N) is 1. The van der Waals surface area contributed by atoms with Gasteiger partial charge < -0.3 is 14.6 Å². The number of carbonyl (C=O) groups excluding carboxylic acids is 2. The van der Waals surface area contributed by atoms with E-state index < -0.39 is 18.5 Å². The van der Waals surface area contributed by atoms with Gasteiger partial charge in [-0.25, -0.2) is 4.79 Å². The van der Waals surface area contributed by atoms with E-state index in [-0.39, 0.29) is 5.56 Å². The molecule has 0 spiro atoms. The van der Waals surface area contributed by atoms with Crippen molar-refractivity contribution in [3.05, 3.63) is 69.5 Å². The molecule has 0 saturated heterocycles. The molecule has 2 aromatic carbocycles. The zero-order valence-corrected chi connectivity index (χ0v) is 16.0. The van der Waals surface area contributed by atoms with Crippen LogP contribution in [0.2, 0.25) is 0 Å². The van der Waals surface area contributed by atoms with E-state index in [4.69, 9.17) is 9.26 Å². The second-order valence-corrected chi connectivity index (χ2v) is 6.71. The molecule has 3 aromatic rings. The third-order valence-electron chi connectivity index (χ3n) is 3.58. The Kier molecular flexibility index (Phi) is 5.67. The highest BCUT2D eigenvalue weighted by Gasteiger charge is 2.23. The number of anilines is 1. The standard InChI is InChI=1S/C19H15IN2O4/c1-12-17(18(22-26-12)13-5-3-2-4-6-13)19(24)25-11-16(23)21-15-9-7-14(20)8-10-15/h2-10H,11H2,1H3,(H,21,23). The first kappa shape index (κ1) is 18.1. The number of benzene rings is 2. The van der Waals surface area contributed by atoms with E-state index >= 15 is 0 Å². The quantitative estimate of drug-likeness (QED) is 0.457. The Morgan fingerprint density at radius 3 is 2.50 bits per heavy atom. The number of esters is 1. The SMILES string of the molecule is Cc1onc(-c2ccccc2)c1C(=O)OCC(=O)Nc1ccc(I)cc1. The molecular formula is C19H15IN2O4. The normalized spacial score (nSPS) is 10.4. The molecule has 26 heavy (non-hydrogen) atoms. The Morgan fingerprint density at radius 1 is 1.12 bits per heavy atom. The number of hydrogen-bond donors (Lipinski definition) is 1. The number of rotatable bonds is 5. The molecule has 6 nitrogen and oxygen atoms in total. The molecule has 7 heteroatoms. The Balaban J connectivity index is 1.66. The molecule has 1 N–H and O–H groups in total. The second-order valence-electron chi connectivity index (χ2n) is 5.46. The number of halogens is 1. The molecule has 1 aromatic heterocycles. The van der Waals surface area contributed by atoms with Gasteiger partial charge in [-0.15, -0.1) is 0 Å². The predicted octanol–water partition coefficient (Wildman–Crippen LogP) is 4.05. The van der Waals surface area contributed by atoms with Gasteiger partial charge in [-0.2, -0.15) is 0 Å². The van der Waals surface area contributed by atoms with E-state index in [0.717, 1.165) is 9.13 Å². The van der Waals surface area contributed by atoms with Gasteiger partial charge in [0.15, 0.2) is 6.61 Å². The first-order valence-corrected chi connectivity index (χ1v) is 8.86. The van der Waals surface area contributed by atoms with Gasteiger partial charge in [0.1, 0.15) is 17.0 Å². The summed E-state index contributed by atoms with van der Waals surface area (Å²) in [5.74, 6) is -0.734. The summed E-state index contributed by atoms with van der Waals surface area (Å²) in [5.41, 5.74) is 1.99. The fourth-order valence-corrected chi connectivity index (χ4v) is 2.70. The summed E-state index contributed by atoms with van der Waals surface area (Å²) in [6, 6.07) is 16.5. The lowest BCUT2D eigenvalue weighted by molar-refractivity contribution is -0.119. The molecule has 0 aliphatic rings. The summed E-state index contributed by atoms with van der Waals surface area (Å²) in [5, 5.41) is 6.61. The molecule has 132 valence electrons. The summed E-state index contributed by atoms with van der Waals surface area (Å²) >= 11 is 2.18. The van der Waals surface area contributed by atoms with Crippen LogP contribution in [0.15, 0.2) is 59.1 Å². The van der Waals surface area contributed by atoms with Crippen molar-refractivity contribution in [2.24, 2.45) is 0 Å². The maximum absolute atomic E-state index is 12.4. The van der Waals surface area contributed by atoms with E-state index in [1.54, 1.807) is 19.1 Å². The van der Waals surface area contributed by atoms with Crippen LogP contribution in [-0.2, 0) is 9.53 Å². The average Bonchev–Trinajstić information content (AvgIpc) is 3.04. The van der Waals surface area contributed by atoms with Crippen LogP contribution >= 0.6 is 22.6 Å². The van der Waals surface area contributed by atoms with Crippen molar-refractivity contribution in [3.63, 3.8) is 0 Å². The maximum atomic E-state index is 12.4. The van der Waals surface area contributed by atoms with Gasteiger partial charge in [0.2, 0.25) is 0 Å². The van der Waals surface area contributed by atoms with Crippen molar-refractivity contribution in [1.82, 2.24) is 5.16 Å².